The van der Waals surface area contributed by atoms with E-state index in [-0.39, 0.29) is 0 Å². The molecule has 1 heterocycles. The zero-order valence-corrected chi connectivity index (χ0v) is 13.3. The summed E-state index contributed by atoms with van der Waals surface area (Å²) in [6.07, 6.45) is 8.94. The number of aliphatic carboxylic acids is 1. The molecule has 0 aromatic heterocycles. The van der Waals surface area contributed by atoms with Crippen LogP contribution in [0, 0.1) is 17.8 Å². The predicted octanol–water partition coefficient (Wildman–Crippen LogP) is 2.34. The summed E-state index contributed by atoms with van der Waals surface area (Å²) in [6, 6.07) is 0. The third kappa shape index (κ3) is 3.11. The van der Waals surface area contributed by atoms with Gasteiger partial charge in [0.15, 0.2) is 0 Å². The molecule has 2 N–H and O–H groups in total. The number of carboxylic acid groups (broad SMARTS) is 1. The van der Waals surface area contributed by atoms with Crippen LogP contribution in [-0.4, -0.2) is 47.7 Å². The van der Waals surface area contributed by atoms with E-state index in [1.807, 2.05) is 6.92 Å². The lowest BCUT2D eigenvalue weighted by molar-refractivity contribution is -0.147. The second-order valence-electron chi connectivity index (χ2n) is 7.41. The van der Waals surface area contributed by atoms with Gasteiger partial charge in [-0.3, -0.25) is 4.79 Å². The van der Waals surface area contributed by atoms with Crippen LogP contribution in [0.5, 0.6) is 0 Å². The van der Waals surface area contributed by atoms with Crippen LogP contribution >= 0.6 is 0 Å². The second-order valence-corrected chi connectivity index (χ2v) is 7.41. The Bertz CT molecular complexity index is 383. The maximum absolute atomic E-state index is 12.0. The Morgan fingerprint density at radius 3 is 2.52 bits per heavy atom. The fourth-order valence-electron chi connectivity index (χ4n) is 4.71. The number of likely N-dealkylation sites (tertiary alicyclic amines) is 1. The SMILES string of the molecule is CCNC(CN1CCC2CCCCC2C1)(C(=O)O)C1CC1. The van der Waals surface area contributed by atoms with Gasteiger partial charge in [0.05, 0.1) is 0 Å². The Labute approximate surface area is 128 Å². The molecule has 0 radical (unpaired) electrons. The highest BCUT2D eigenvalue weighted by atomic mass is 16.4. The first-order chi connectivity index (χ1) is 10.2. The first kappa shape index (κ1) is 15.3. The number of hydrogen-bond donors (Lipinski definition) is 2. The molecule has 0 bridgehead atoms. The zero-order valence-electron chi connectivity index (χ0n) is 13.3. The second kappa shape index (κ2) is 6.25. The number of nitrogens with zero attached hydrogens (tertiary/aromatic N) is 1. The Kier molecular flexibility index (Phi) is 4.55. The van der Waals surface area contributed by atoms with Gasteiger partial charge >= 0.3 is 5.97 Å². The van der Waals surface area contributed by atoms with E-state index < -0.39 is 11.5 Å². The van der Waals surface area contributed by atoms with E-state index in [2.05, 4.69) is 10.2 Å². The molecule has 0 amide bonds. The Balaban J connectivity index is 1.66. The fraction of sp³-hybridized carbons (Fsp3) is 0.941. The summed E-state index contributed by atoms with van der Waals surface area (Å²) < 4.78 is 0. The largest absolute Gasteiger partial charge is 0.480 e. The van der Waals surface area contributed by atoms with Gasteiger partial charge in [-0.25, -0.2) is 0 Å². The first-order valence-corrected chi connectivity index (χ1v) is 8.86. The zero-order chi connectivity index (χ0) is 14.9. The molecule has 3 unspecified atom stereocenters. The number of hydrogen-bond acceptors (Lipinski definition) is 3. The van der Waals surface area contributed by atoms with Crippen LogP contribution in [0.25, 0.3) is 0 Å². The number of nitrogens with one attached hydrogen (secondary N) is 1. The third-order valence-electron chi connectivity index (χ3n) is 6.00. The van der Waals surface area contributed by atoms with E-state index in [0.717, 1.165) is 44.3 Å². The van der Waals surface area contributed by atoms with Gasteiger partial charge in [0.2, 0.25) is 0 Å². The first-order valence-electron chi connectivity index (χ1n) is 8.86. The van der Waals surface area contributed by atoms with Gasteiger partial charge in [-0.15, -0.1) is 0 Å². The van der Waals surface area contributed by atoms with Crippen LogP contribution in [-0.2, 0) is 4.79 Å². The van der Waals surface area contributed by atoms with E-state index in [4.69, 9.17) is 0 Å². The Morgan fingerprint density at radius 1 is 1.19 bits per heavy atom. The van der Waals surface area contributed by atoms with Gasteiger partial charge in [0.1, 0.15) is 5.54 Å². The number of likely N-dealkylation sites (N-methyl/N-ethyl adjacent to an activating group) is 1. The molecule has 4 heteroatoms. The van der Waals surface area contributed by atoms with Crippen LogP contribution in [0.4, 0.5) is 0 Å². The van der Waals surface area contributed by atoms with Crippen molar-refractivity contribution in [2.75, 3.05) is 26.2 Å². The van der Waals surface area contributed by atoms with Crippen molar-refractivity contribution < 1.29 is 9.90 Å². The minimum atomic E-state index is -0.698. The lowest BCUT2D eigenvalue weighted by Crippen LogP contribution is -2.62. The number of rotatable bonds is 6. The number of piperidine rings is 1. The lowest BCUT2D eigenvalue weighted by Gasteiger charge is -2.44. The molecule has 21 heavy (non-hydrogen) atoms. The molecule has 2 saturated carbocycles. The van der Waals surface area contributed by atoms with Crippen molar-refractivity contribution >= 4 is 5.97 Å². The highest BCUT2D eigenvalue weighted by Gasteiger charge is 2.52. The van der Waals surface area contributed by atoms with Gasteiger partial charge in [-0.1, -0.05) is 26.2 Å². The Hall–Kier alpha value is -0.610. The number of carboxylic acids is 1. The van der Waals surface area contributed by atoms with Crippen LogP contribution in [0.2, 0.25) is 0 Å². The number of fused-ring (bicyclic) bond motifs is 1. The van der Waals surface area contributed by atoms with Crippen molar-refractivity contribution in [1.29, 1.82) is 0 Å². The molecule has 120 valence electrons. The van der Waals surface area contributed by atoms with Gasteiger partial charge in [-0.2, -0.15) is 0 Å². The molecule has 3 fully saturated rings. The maximum Gasteiger partial charge on any atom is 0.325 e. The summed E-state index contributed by atoms with van der Waals surface area (Å²) in [5, 5.41) is 13.2. The maximum atomic E-state index is 12.0. The minimum Gasteiger partial charge on any atom is -0.480 e. The molecule has 4 nitrogen and oxygen atoms in total. The number of carbonyl (C=O) groups is 1. The highest BCUT2D eigenvalue weighted by Crippen LogP contribution is 2.42. The van der Waals surface area contributed by atoms with Gasteiger partial charge in [0.25, 0.3) is 0 Å². The summed E-state index contributed by atoms with van der Waals surface area (Å²) in [6.45, 7) is 5.67. The van der Waals surface area contributed by atoms with Crippen LogP contribution in [0.15, 0.2) is 0 Å². The van der Waals surface area contributed by atoms with Gasteiger partial charge in [-0.05, 0) is 56.5 Å². The van der Waals surface area contributed by atoms with E-state index in [1.165, 1.54) is 32.1 Å². The topological polar surface area (TPSA) is 52.6 Å². The van der Waals surface area contributed by atoms with E-state index in [9.17, 15) is 9.90 Å². The van der Waals surface area contributed by atoms with Crippen LogP contribution in [0.3, 0.4) is 0 Å². The van der Waals surface area contributed by atoms with Crippen LogP contribution in [0.1, 0.15) is 51.9 Å². The Morgan fingerprint density at radius 2 is 1.90 bits per heavy atom. The molecule has 0 aromatic carbocycles. The lowest BCUT2D eigenvalue weighted by atomic mass is 9.74. The molecule has 3 atom stereocenters. The fourth-order valence-corrected chi connectivity index (χ4v) is 4.71. The summed E-state index contributed by atoms with van der Waals surface area (Å²) in [4.78, 5) is 14.4. The van der Waals surface area contributed by atoms with Crippen molar-refractivity contribution in [1.82, 2.24) is 10.2 Å². The molecule has 0 spiro atoms. The van der Waals surface area contributed by atoms with Gasteiger partial charge < -0.3 is 15.3 Å². The van der Waals surface area contributed by atoms with E-state index in [0.29, 0.717) is 12.5 Å². The molecular formula is C17H30N2O2. The normalized spacial score (nSPS) is 33.2. The van der Waals surface area contributed by atoms with Crippen molar-refractivity contribution in [3.8, 4) is 0 Å². The molecule has 1 saturated heterocycles. The quantitative estimate of drug-likeness (QED) is 0.789. The smallest absolute Gasteiger partial charge is 0.325 e. The van der Waals surface area contributed by atoms with Crippen molar-refractivity contribution in [2.45, 2.75) is 57.4 Å². The van der Waals surface area contributed by atoms with Crippen molar-refractivity contribution in [3.05, 3.63) is 0 Å². The average Bonchev–Trinajstić information content (AvgIpc) is 3.31. The molecule has 2 aliphatic carbocycles. The monoisotopic (exact) mass is 294 g/mol. The van der Waals surface area contributed by atoms with Crippen molar-refractivity contribution in [2.24, 2.45) is 17.8 Å². The summed E-state index contributed by atoms with van der Waals surface area (Å²) in [5.41, 5.74) is -0.698. The van der Waals surface area contributed by atoms with E-state index >= 15 is 0 Å². The van der Waals surface area contributed by atoms with Crippen LogP contribution < -0.4 is 5.32 Å². The highest BCUT2D eigenvalue weighted by molar-refractivity contribution is 5.80. The average molecular weight is 294 g/mol. The molecule has 1 aliphatic heterocycles. The molecular weight excluding hydrogens is 264 g/mol. The minimum absolute atomic E-state index is 0.332. The van der Waals surface area contributed by atoms with Crippen molar-refractivity contribution in [3.63, 3.8) is 0 Å². The predicted molar refractivity (Wildman–Crippen MR) is 83.3 cm³/mol. The van der Waals surface area contributed by atoms with Gasteiger partial charge in [0, 0.05) is 13.1 Å². The standard InChI is InChI=1S/C17H30N2O2/c1-2-18-17(16(20)21,15-7-8-15)12-19-10-9-13-5-3-4-6-14(13)11-19/h13-15,18H,2-12H2,1H3,(H,20,21). The molecule has 3 rings (SSSR count). The molecule has 3 aliphatic rings. The summed E-state index contributed by atoms with van der Waals surface area (Å²) in [7, 11) is 0. The molecule has 0 aromatic rings. The summed E-state index contributed by atoms with van der Waals surface area (Å²) in [5.74, 6) is 1.42. The van der Waals surface area contributed by atoms with E-state index in [1.54, 1.807) is 0 Å². The summed E-state index contributed by atoms with van der Waals surface area (Å²) >= 11 is 0. The third-order valence-corrected chi connectivity index (χ3v) is 6.00.